The molecule has 0 fully saturated rings. The van der Waals surface area contributed by atoms with Gasteiger partial charge in [-0.05, 0) is 29.9 Å². The SMILES string of the molecule is COC(=O)c1[nH]c(=S)[nH]c1Cc1ccc(C(F)(F)F)cc1. The Balaban J connectivity index is 2.27. The first-order chi connectivity index (χ1) is 9.81. The van der Waals surface area contributed by atoms with E-state index in [0.717, 1.165) is 12.1 Å². The van der Waals surface area contributed by atoms with Gasteiger partial charge in [-0.15, -0.1) is 0 Å². The normalized spacial score (nSPS) is 11.4. The zero-order valence-electron chi connectivity index (χ0n) is 10.9. The number of aromatic nitrogens is 2. The molecule has 1 aromatic carbocycles. The van der Waals surface area contributed by atoms with Gasteiger partial charge in [-0.3, -0.25) is 0 Å². The molecule has 0 spiro atoms. The smallest absolute Gasteiger partial charge is 0.416 e. The minimum atomic E-state index is -4.37. The Morgan fingerprint density at radius 1 is 1.24 bits per heavy atom. The molecule has 8 heteroatoms. The van der Waals surface area contributed by atoms with E-state index in [0.29, 0.717) is 11.3 Å². The molecule has 2 rings (SSSR count). The fraction of sp³-hybridized carbons (Fsp3) is 0.231. The molecule has 0 aliphatic rings. The lowest BCUT2D eigenvalue weighted by molar-refractivity contribution is -0.137. The number of esters is 1. The molecular formula is C13H11F3N2O2S. The number of H-pyrrole nitrogens is 2. The minimum absolute atomic E-state index is 0.169. The van der Waals surface area contributed by atoms with Crippen molar-refractivity contribution in [3.63, 3.8) is 0 Å². The van der Waals surface area contributed by atoms with Crippen LogP contribution < -0.4 is 0 Å². The molecule has 1 heterocycles. The van der Waals surface area contributed by atoms with Crippen molar-refractivity contribution in [1.82, 2.24) is 9.97 Å². The highest BCUT2D eigenvalue weighted by atomic mass is 32.1. The Kier molecular flexibility index (Phi) is 4.17. The Hall–Kier alpha value is -2.09. The minimum Gasteiger partial charge on any atom is -0.464 e. The monoisotopic (exact) mass is 316 g/mol. The molecule has 1 aromatic heterocycles. The highest BCUT2D eigenvalue weighted by Gasteiger charge is 2.30. The predicted molar refractivity (Wildman–Crippen MR) is 71.6 cm³/mol. The van der Waals surface area contributed by atoms with Crippen LogP contribution in [0.5, 0.6) is 0 Å². The number of hydrogen-bond donors (Lipinski definition) is 2. The van der Waals surface area contributed by atoms with E-state index in [2.05, 4.69) is 14.7 Å². The fourth-order valence-electron chi connectivity index (χ4n) is 1.84. The van der Waals surface area contributed by atoms with Crippen LogP contribution in [-0.4, -0.2) is 23.0 Å². The summed E-state index contributed by atoms with van der Waals surface area (Å²) in [5, 5.41) is 0. The fourth-order valence-corrected chi connectivity index (χ4v) is 2.07. The quantitative estimate of drug-likeness (QED) is 0.673. The average molecular weight is 316 g/mol. The van der Waals surface area contributed by atoms with Gasteiger partial charge in [0.15, 0.2) is 4.77 Å². The molecule has 21 heavy (non-hydrogen) atoms. The Morgan fingerprint density at radius 2 is 1.86 bits per heavy atom. The molecule has 112 valence electrons. The number of carbonyl (C=O) groups excluding carboxylic acids is 1. The predicted octanol–water partition coefficient (Wildman–Crippen LogP) is 3.47. The molecular weight excluding hydrogens is 305 g/mol. The van der Waals surface area contributed by atoms with Crippen LogP contribution in [0, 0.1) is 4.77 Å². The van der Waals surface area contributed by atoms with Gasteiger partial charge in [0.05, 0.1) is 18.4 Å². The number of benzene rings is 1. The van der Waals surface area contributed by atoms with E-state index in [4.69, 9.17) is 12.2 Å². The van der Waals surface area contributed by atoms with E-state index in [1.54, 1.807) is 0 Å². The maximum absolute atomic E-state index is 12.5. The van der Waals surface area contributed by atoms with Crippen LogP contribution in [-0.2, 0) is 17.3 Å². The zero-order valence-corrected chi connectivity index (χ0v) is 11.7. The van der Waals surface area contributed by atoms with Crippen molar-refractivity contribution in [3.05, 3.63) is 51.6 Å². The van der Waals surface area contributed by atoms with Crippen molar-refractivity contribution in [1.29, 1.82) is 0 Å². The summed E-state index contributed by atoms with van der Waals surface area (Å²) in [6.45, 7) is 0. The van der Waals surface area contributed by atoms with Crippen molar-refractivity contribution in [2.24, 2.45) is 0 Å². The molecule has 0 aliphatic carbocycles. The van der Waals surface area contributed by atoms with Gasteiger partial charge in [0.2, 0.25) is 0 Å². The van der Waals surface area contributed by atoms with Crippen LogP contribution in [0.4, 0.5) is 13.2 Å². The largest absolute Gasteiger partial charge is 0.464 e. The first-order valence-corrected chi connectivity index (χ1v) is 6.27. The van der Waals surface area contributed by atoms with Crippen molar-refractivity contribution in [3.8, 4) is 0 Å². The molecule has 0 aliphatic heterocycles. The zero-order chi connectivity index (χ0) is 15.6. The summed E-state index contributed by atoms with van der Waals surface area (Å²) < 4.78 is 42.3. The Labute approximate surface area is 123 Å². The Bertz CT molecular complexity index is 701. The third-order valence-corrected chi connectivity index (χ3v) is 3.06. The molecule has 0 unspecified atom stereocenters. The number of halogens is 3. The van der Waals surface area contributed by atoms with Crippen LogP contribution in [0.1, 0.15) is 27.3 Å². The second-order valence-electron chi connectivity index (χ2n) is 4.30. The molecule has 4 nitrogen and oxygen atoms in total. The number of nitrogens with one attached hydrogen (secondary N) is 2. The lowest BCUT2D eigenvalue weighted by Crippen LogP contribution is -2.07. The number of ether oxygens (including phenoxy) is 1. The average Bonchev–Trinajstić information content (AvgIpc) is 2.78. The van der Waals surface area contributed by atoms with Crippen molar-refractivity contribution < 1.29 is 22.7 Å². The summed E-state index contributed by atoms with van der Waals surface area (Å²) in [6.07, 6.45) is -4.14. The topological polar surface area (TPSA) is 57.9 Å². The molecule has 0 radical (unpaired) electrons. The third kappa shape index (κ3) is 3.52. The standard InChI is InChI=1S/C13H11F3N2O2S/c1-20-11(19)10-9(17-12(21)18-10)6-7-2-4-8(5-3-7)13(14,15)16/h2-5H,6H2,1H3,(H2,17,18,21). The second-order valence-corrected chi connectivity index (χ2v) is 4.70. The van der Waals surface area contributed by atoms with Gasteiger partial charge in [-0.1, -0.05) is 12.1 Å². The van der Waals surface area contributed by atoms with Crippen LogP contribution in [0.15, 0.2) is 24.3 Å². The van der Waals surface area contributed by atoms with E-state index in [9.17, 15) is 18.0 Å². The molecule has 0 saturated carbocycles. The summed E-state index contributed by atoms with van der Waals surface area (Å²) in [5.74, 6) is -0.593. The third-order valence-electron chi connectivity index (χ3n) is 2.86. The van der Waals surface area contributed by atoms with Crippen molar-refractivity contribution in [2.45, 2.75) is 12.6 Å². The molecule has 0 bridgehead atoms. The highest BCUT2D eigenvalue weighted by molar-refractivity contribution is 7.71. The van der Waals surface area contributed by atoms with Crippen LogP contribution >= 0.6 is 12.2 Å². The summed E-state index contributed by atoms with van der Waals surface area (Å²) in [4.78, 5) is 17.0. The van der Waals surface area contributed by atoms with Crippen molar-refractivity contribution in [2.75, 3.05) is 7.11 Å². The van der Waals surface area contributed by atoms with E-state index in [-0.39, 0.29) is 16.9 Å². The Morgan fingerprint density at radius 3 is 2.38 bits per heavy atom. The number of carbonyl (C=O) groups is 1. The summed E-state index contributed by atoms with van der Waals surface area (Å²) in [5.41, 5.74) is 0.522. The van der Waals surface area contributed by atoms with Gasteiger partial charge in [-0.25, -0.2) is 4.79 Å². The molecule has 2 aromatic rings. The summed E-state index contributed by atoms with van der Waals surface area (Å²) in [6, 6.07) is 4.70. The summed E-state index contributed by atoms with van der Waals surface area (Å²) in [7, 11) is 1.23. The number of aromatic amines is 2. The summed E-state index contributed by atoms with van der Waals surface area (Å²) >= 11 is 4.91. The molecule has 2 N–H and O–H groups in total. The number of rotatable bonds is 3. The van der Waals surface area contributed by atoms with Gasteiger partial charge in [0, 0.05) is 6.42 Å². The molecule has 0 atom stereocenters. The first kappa shape index (κ1) is 15.3. The lowest BCUT2D eigenvalue weighted by atomic mass is 10.1. The number of imidazole rings is 1. The van der Waals surface area contributed by atoms with Gasteiger partial charge >= 0.3 is 12.1 Å². The van der Waals surface area contributed by atoms with Gasteiger partial charge in [0.1, 0.15) is 5.69 Å². The molecule has 0 saturated heterocycles. The van der Waals surface area contributed by atoms with Gasteiger partial charge in [-0.2, -0.15) is 13.2 Å². The van der Waals surface area contributed by atoms with Crippen molar-refractivity contribution >= 4 is 18.2 Å². The van der Waals surface area contributed by atoms with Gasteiger partial charge in [0.25, 0.3) is 0 Å². The lowest BCUT2D eigenvalue weighted by Gasteiger charge is -2.07. The van der Waals surface area contributed by atoms with Crippen LogP contribution in [0.25, 0.3) is 0 Å². The van der Waals surface area contributed by atoms with Crippen LogP contribution in [0.2, 0.25) is 0 Å². The molecule has 0 amide bonds. The van der Waals surface area contributed by atoms with E-state index >= 15 is 0 Å². The maximum atomic E-state index is 12.5. The van der Waals surface area contributed by atoms with Gasteiger partial charge < -0.3 is 14.7 Å². The number of methoxy groups -OCH3 is 1. The van der Waals surface area contributed by atoms with Crippen LogP contribution in [0.3, 0.4) is 0 Å². The van der Waals surface area contributed by atoms with E-state index < -0.39 is 17.7 Å². The van der Waals surface area contributed by atoms with E-state index in [1.807, 2.05) is 0 Å². The van der Waals surface area contributed by atoms with E-state index in [1.165, 1.54) is 19.2 Å². The number of alkyl halides is 3. The first-order valence-electron chi connectivity index (χ1n) is 5.87. The highest BCUT2D eigenvalue weighted by Crippen LogP contribution is 2.29. The maximum Gasteiger partial charge on any atom is 0.416 e. The number of hydrogen-bond acceptors (Lipinski definition) is 3. The second kappa shape index (κ2) is 5.72.